The third-order valence-electron chi connectivity index (χ3n) is 4.92. The molecule has 0 atom stereocenters. The molecule has 0 aliphatic heterocycles. The van der Waals surface area contributed by atoms with Gasteiger partial charge in [-0.15, -0.1) is 0 Å². The van der Waals surface area contributed by atoms with E-state index in [1.807, 2.05) is 0 Å². The maximum atomic E-state index is 12.3. The summed E-state index contributed by atoms with van der Waals surface area (Å²) in [5.74, 6) is 0. The Morgan fingerprint density at radius 1 is 0.423 bits per heavy atom. The largest absolute Gasteiger partial charge is 0.421 e. The Kier molecular flexibility index (Phi) is 4.91. The molecule has 0 bridgehead atoms. The van der Waals surface area contributed by atoms with Gasteiger partial charge in [0.15, 0.2) is 0 Å². The van der Waals surface area contributed by atoms with Gasteiger partial charge in [0.1, 0.15) is 0 Å². The second kappa shape index (κ2) is 6.86. The second-order valence-electron chi connectivity index (χ2n) is 7.84. The van der Waals surface area contributed by atoms with Gasteiger partial charge >= 0.3 is 0 Å². The predicted molar refractivity (Wildman–Crippen MR) is 115 cm³/mol. The van der Waals surface area contributed by atoms with Gasteiger partial charge in [-0.05, 0) is 57.1 Å². The first-order valence-corrected chi connectivity index (χ1v) is 11.1. The Morgan fingerprint density at radius 2 is 0.615 bits per heavy atom. The van der Waals surface area contributed by atoms with Crippen LogP contribution in [0.15, 0.2) is 54.6 Å². The lowest BCUT2D eigenvalue weighted by Gasteiger charge is -2.29. The van der Waals surface area contributed by atoms with Crippen LogP contribution < -0.4 is 15.6 Å². The van der Waals surface area contributed by atoms with Gasteiger partial charge in [-0.1, -0.05) is 88.0 Å². The maximum Gasteiger partial charge on any atom is 0.285 e. The summed E-state index contributed by atoms with van der Waals surface area (Å²) < 4.78 is 0. The quantitative estimate of drug-likeness (QED) is 0.560. The molecule has 0 aliphatic carbocycles. The number of hydrogen-bond acceptors (Lipinski definition) is 1. The number of hydrogen-bond donors (Lipinski definition) is 1. The summed E-state index contributed by atoms with van der Waals surface area (Å²) >= 11 is 0. The molecule has 0 aromatic heterocycles. The summed E-state index contributed by atoms with van der Waals surface area (Å²) in [5.41, 5.74) is 7.16. The molecule has 0 fully saturated rings. The zero-order valence-electron chi connectivity index (χ0n) is 16.6. The van der Waals surface area contributed by atoms with Crippen LogP contribution in [0, 0.1) is 41.5 Å². The Balaban J connectivity index is 2.38. The van der Waals surface area contributed by atoms with Gasteiger partial charge in [-0.2, -0.15) is 0 Å². The summed E-state index contributed by atoms with van der Waals surface area (Å²) in [6.45, 7) is 12.6. The van der Waals surface area contributed by atoms with E-state index in [1.54, 1.807) is 0 Å². The van der Waals surface area contributed by atoms with Crippen molar-refractivity contribution in [3.8, 4) is 0 Å². The van der Waals surface area contributed by atoms with E-state index in [2.05, 4.69) is 96.1 Å². The van der Waals surface area contributed by atoms with Gasteiger partial charge in [0.2, 0.25) is 0 Å². The molecule has 1 N–H and O–H groups in total. The Labute approximate surface area is 158 Å². The molecule has 0 unspecified atom stereocenters. The number of benzene rings is 3. The molecule has 0 aliphatic rings. The summed E-state index contributed by atoms with van der Waals surface area (Å²) in [5, 5.41) is 3.18. The predicted octanol–water partition coefficient (Wildman–Crippen LogP) is 3.50. The molecule has 0 spiro atoms. The SMILES string of the molecule is Cc1cc(C)cc([Si](O)(c2cc(C)cc(C)c2)c2cc(C)cc(C)c2)c1. The molecule has 26 heavy (non-hydrogen) atoms. The topological polar surface area (TPSA) is 20.2 Å². The lowest BCUT2D eigenvalue weighted by atomic mass is 10.1. The summed E-state index contributed by atoms with van der Waals surface area (Å²) in [6, 6.07) is 19.5. The highest BCUT2D eigenvalue weighted by molar-refractivity contribution is 7.06. The molecule has 3 aromatic carbocycles. The second-order valence-corrected chi connectivity index (χ2v) is 11.0. The van der Waals surface area contributed by atoms with Gasteiger partial charge in [0, 0.05) is 0 Å². The van der Waals surface area contributed by atoms with Crippen molar-refractivity contribution in [2.24, 2.45) is 0 Å². The molecule has 0 saturated carbocycles. The molecule has 1 nitrogen and oxygen atoms in total. The summed E-state index contributed by atoms with van der Waals surface area (Å²) in [7, 11) is -3.07. The van der Waals surface area contributed by atoms with Crippen molar-refractivity contribution in [1.29, 1.82) is 0 Å². The monoisotopic (exact) mass is 360 g/mol. The van der Waals surface area contributed by atoms with E-state index in [-0.39, 0.29) is 0 Å². The van der Waals surface area contributed by atoms with Crippen molar-refractivity contribution in [1.82, 2.24) is 0 Å². The summed E-state index contributed by atoms with van der Waals surface area (Å²) in [6.07, 6.45) is 0. The fourth-order valence-corrected chi connectivity index (χ4v) is 7.67. The molecular formula is C24H28OSi. The fourth-order valence-electron chi connectivity index (χ4n) is 4.05. The first kappa shape index (κ1) is 18.6. The Morgan fingerprint density at radius 3 is 0.808 bits per heavy atom. The van der Waals surface area contributed by atoms with Crippen LogP contribution >= 0.6 is 0 Å². The number of aryl methyl sites for hydroxylation is 6. The highest BCUT2D eigenvalue weighted by atomic mass is 28.4. The maximum absolute atomic E-state index is 12.3. The zero-order valence-corrected chi connectivity index (χ0v) is 17.6. The first-order valence-electron chi connectivity index (χ1n) is 9.17. The van der Waals surface area contributed by atoms with Crippen molar-refractivity contribution < 1.29 is 4.80 Å². The Bertz CT molecular complexity index is 786. The minimum absolute atomic E-state index is 1.06. The van der Waals surface area contributed by atoms with Crippen molar-refractivity contribution in [3.63, 3.8) is 0 Å². The van der Waals surface area contributed by atoms with Crippen LogP contribution in [-0.2, 0) is 0 Å². The lowest BCUT2D eigenvalue weighted by Crippen LogP contribution is -2.68. The Hall–Kier alpha value is -2.16. The normalized spacial score (nSPS) is 11.7. The standard InChI is InChI=1S/C24H28OSi/c1-16-7-17(2)11-22(10-16)26(25,23-12-18(3)8-19(4)13-23)24-14-20(5)9-21(6)15-24/h7-15,25H,1-6H3. The van der Waals surface area contributed by atoms with Crippen LogP contribution in [0.1, 0.15) is 33.4 Å². The van der Waals surface area contributed by atoms with E-state index >= 15 is 0 Å². The van der Waals surface area contributed by atoms with Gasteiger partial charge in [-0.3, -0.25) is 0 Å². The van der Waals surface area contributed by atoms with Gasteiger partial charge in [0.25, 0.3) is 8.32 Å². The van der Waals surface area contributed by atoms with Crippen LogP contribution in [0.3, 0.4) is 0 Å². The van der Waals surface area contributed by atoms with E-state index in [0.29, 0.717) is 0 Å². The van der Waals surface area contributed by atoms with Gasteiger partial charge in [0.05, 0.1) is 0 Å². The summed E-state index contributed by atoms with van der Waals surface area (Å²) in [4.78, 5) is 12.3. The van der Waals surface area contributed by atoms with Crippen LogP contribution in [0.2, 0.25) is 0 Å². The average Bonchev–Trinajstić information content (AvgIpc) is 2.51. The first-order chi connectivity index (χ1) is 12.2. The molecular weight excluding hydrogens is 332 g/mol. The van der Waals surface area contributed by atoms with E-state index in [1.165, 1.54) is 33.4 Å². The molecule has 0 radical (unpaired) electrons. The smallest absolute Gasteiger partial charge is 0.285 e. The van der Waals surface area contributed by atoms with E-state index in [9.17, 15) is 4.80 Å². The van der Waals surface area contributed by atoms with Crippen LogP contribution in [-0.4, -0.2) is 13.1 Å². The fraction of sp³-hybridized carbons (Fsp3) is 0.250. The lowest BCUT2D eigenvalue weighted by molar-refractivity contribution is 0.583. The van der Waals surface area contributed by atoms with Crippen LogP contribution in [0.25, 0.3) is 0 Å². The highest BCUT2D eigenvalue weighted by Crippen LogP contribution is 2.13. The van der Waals surface area contributed by atoms with Crippen LogP contribution in [0.5, 0.6) is 0 Å². The van der Waals surface area contributed by atoms with Crippen molar-refractivity contribution >= 4 is 23.9 Å². The minimum atomic E-state index is -3.07. The van der Waals surface area contributed by atoms with Crippen molar-refractivity contribution in [2.75, 3.05) is 0 Å². The van der Waals surface area contributed by atoms with E-state index in [0.717, 1.165) is 15.6 Å². The van der Waals surface area contributed by atoms with Gasteiger partial charge in [-0.25, -0.2) is 0 Å². The molecule has 3 aromatic rings. The molecule has 0 amide bonds. The average molecular weight is 361 g/mol. The third-order valence-corrected chi connectivity index (χ3v) is 8.29. The molecule has 0 heterocycles. The highest BCUT2D eigenvalue weighted by Gasteiger charge is 2.39. The van der Waals surface area contributed by atoms with E-state index < -0.39 is 8.32 Å². The molecule has 3 rings (SSSR count). The zero-order chi connectivity index (χ0) is 19.1. The van der Waals surface area contributed by atoms with Crippen LogP contribution in [0.4, 0.5) is 0 Å². The molecule has 2 heteroatoms. The van der Waals surface area contributed by atoms with Crippen molar-refractivity contribution in [3.05, 3.63) is 88.0 Å². The van der Waals surface area contributed by atoms with E-state index in [4.69, 9.17) is 0 Å². The minimum Gasteiger partial charge on any atom is -0.421 e. The number of rotatable bonds is 3. The van der Waals surface area contributed by atoms with Crippen molar-refractivity contribution in [2.45, 2.75) is 41.5 Å². The molecule has 0 saturated heterocycles. The van der Waals surface area contributed by atoms with Gasteiger partial charge < -0.3 is 4.80 Å². The third kappa shape index (κ3) is 3.53. The molecule has 134 valence electrons.